The van der Waals surface area contributed by atoms with Crippen LogP contribution in [0.1, 0.15) is 30.0 Å². The Morgan fingerprint density at radius 2 is 1.74 bits per heavy atom. The number of aryl methyl sites for hydroxylation is 1. The number of methoxy groups -OCH3 is 2. The van der Waals surface area contributed by atoms with E-state index < -0.39 is 0 Å². The van der Waals surface area contributed by atoms with Crippen LogP contribution in [0.3, 0.4) is 0 Å². The molecule has 0 unspecified atom stereocenters. The van der Waals surface area contributed by atoms with Crippen LogP contribution in [0.5, 0.6) is 11.5 Å². The predicted octanol–water partition coefficient (Wildman–Crippen LogP) is 3.50. The first-order valence-corrected chi connectivity index (χ1v) is 11.1. The van der Waals surface area contributed by atoms with Crippen molar-refractivity contribution in [2.24, 2.45) is 0 Å². The van der Waals surface area contributed by atoms with Crippen LogP contribution in [0.2, 0.25) is 0 Å². The number of piperazine rings is 1. The molecule has 1 atom stereocenters. The van der Waals surface area contributed by atoms with Gasteiger partial charge < -0.3 is 19.3 Å². The lowest BCUT2D eigenvalue weighted by atomic mass is 10.0. The van der Waals surface area contributed by atoms with E-state index in [0.717, 1.165) is 57.1 Å². The number of carbonyl (C=O) groups is 1. The average molecular weight is 424 g/mol. The molecule has 0 bridgehead atoms. The minimum absolute atomic E-state index is 0.233. The molecule has 2 saturated heterocycles. The number of rotatable bonds is 6. The Morgan fingerprint density at radius 3 is 2.45 bits per heavy atom. The molecule has 6 nitrogen and oxygen atoms in total. The SMILES string of the molecule is COc1ccc([C@@H]2CCCN2CC(=O)N2CCN(c3cccc(C)c3)CC2)cc1OC. The van der Waals surface area contributed by atoms with Crippen molar-refractivity contribution in [1.82, 2.24) is 9.80 Å². The molecule has 2 aromatic carbocycles. The average Bonchev–Trinajstić information content (AvgIpc) is 3.26. The number of carbonyl (C=O) groups excluding carboxylic acids is 1. The summed E-state index contributed by atoms with van der Waals surface area (Å²) in [6, 6.07) is 14.9. The second kappa shape index (κ2) is 9.60. The van der Waals surface area contributed by atoms with Gasteiger partial charge in [-0.15, -0.1) is 0 Å². The first-order valence-electron chi connectivity index (χ1n) is 11.1. The molecule has 2 heterocycles. The van der Waals surface area contributed by atoms with Crippen molar-refractivity contribution in [3.8, 4) is 11.5 Å². The van der Waals surface area contributed by atoms with E-state index >= 15 is 0 Å². The van der Waals surface area contributed by atoms with Gasteiger partial charge in [-0.05, 0) is 61.7 Å². The molecule has 0 N–H and O–H groups in total. The van der Waals surface area contributed by atoms with Gasteiger partial charge in [-0.1, -0.05) is 18.2 Å². The van der Waals surface area contributed by atoms with Gasteiger partial charge in [0.25, 0.3) is 0 Å². The summed E-state index contributed by atoms with van der Waals surface area (Å²) < 4.78 is 10.8. The molecule has 0 aromatic heterocycles. The smallest absolute Gasteiger partial charge is 0.236 e. The Bertz CT molecular complexity index is 909. The molecule has 2 fully saturated rings. The molecule has 0 radical (unpaired) electrons. The second-order valence-corrected chi connectivity index (χ2v) is 8.45. The topological polar surface area (TPSA) is 45.2 Å². The van der Waals surface area contributed by atoms with Crippen LogP contribution in [-0.2, 0) is 4.79 Å². The molecule has 2 aliphatic rings. The largest absolute Gasteiger partial charge is 0.493 e. The number of ether oxygens (including phenoxy) is 2. The van der Waals surface area contributed by atoms with E-state index in [-0.39, 0.29) is 11.9 Å². The van der Waals surface area contributed by atoms with Crippen molar-refractivity contribution in [3.05, 3.63) is 53.6 Å². The number of amides is 1. The van der Waals surface area contributed by atoms with E-state index in [1.54, 1.807) is 14.2 Å². The van der Waals surface area contributed by atoms with Gasteiger partial charge in [0.1, 0.15) is 0 Å². The summed E-state index contributed by atoms with van der Waals surface area (Å²) in [7, 11) is 3.31. The summed E-state index contributed by atoms with van der Waals surface area (Å²) in [6.45, 7) is 6.87. The summed E-state index contributed by atoms with van der Waals surface area (Å²) in [5.41, 5.74) is 3.71. The molecular formula is C25H33N3O3. The van der Waals surface area contributed by atoms with Crippen LogP contribution >= 0.6 is 0 Å². The molecule has 4 rings (SSSR count). The molecule has 2 aromatic rings. The predicted molar refractivity (Wildman–Crippen MR) is 123 cm³/mol. The summed E-state index contributed by atoms with van der Waals surface area (Å²) >= 11 is 0. The highest BCUT2D eigenvalue weighted by Gasteiger charge is 2.30. The van der Waals surface area contributed by atoms with E-state index in [1.807, 2.05) is 17.0 Å². The van der Waals surface area contributed by atoms with Crippen molar-refractivity contribution < 1.29 is 14.3 Å². The van der Waals surface area contributed by atoms with Gasteiger partial charge in [0, 0.05) is 37.9 Å². The van der Waals surface area contributed by atoms with Gasteiger partial charge in [-0.25, -0.2) is 0 Å². The van der Waals surface area contributed by atoms with E-state index in [2.05, 4.69) is 47.1 Å². The maximum Gasteiger partial charge on any atom is 0.236 e. The zero-order valence-electron chi connectivity index (χ0n) is 18.8. The van der Waals surface area contributed by atoms with Crippen LogP contribution in [-0.4, -0.2) is 69.2 Å². The molecule has 2 aliphatic heterocycles. The Balaban J connectivity index is 1.36. The third kappa shape index (κ3) is 4.79. The van der Waals surface area contributed by atoms with Gasteiger partial charge in [0.2, 0.25) is 5.91 Å². The third-order valence-electron chi connectivity index (χ3n) is 6.49. The van der Waals surface area contributed by atoms with Crippen molar-refractivity contribution in [2.45, 2.75) is 25.8 Å². The second-order valence-electron chi connectivity index (χ2n) is 8.45. The lowest BCUT2D eigenvalue weighted by Crippen LogP contribution is -2.51. The first-order chi connectivity index (χ1) is 15.1. The number of nitrogens with zero attached hydrogens (tertiary/aromatic N) is 3. The highest BCUT2D eigenvalue weighted by Crippen LogP contribution is 2.36. The van der Waals surface area contributed by atoms with Gasteiger partial charge in [0.05, 0.1) is 20.8 Å². The standard InChI is InChI=1S/C25H33N3O3/c1-19-6-4-7-21(16-19)26-12-14-27(15-13-26)25(29)18-28-11-5-8-22(28)20-9-10-23(30-2)24(17-20)31-3/h4,6-7,9-10,16-17,22H,5,8,11-15,18H2,1-3H3/t22-/m0/s1. The number of hydrogen-bond donors (Lipinski definition) is 0. The van der Waals surface area contributed by atoms with Gasteiger partial charge in [-0.3, -0.25) is 9.69 Å². The zero-order valence-corrected chi connectivity index (χ0v) is 18.8. The lowest BCUT2D eigenvalue weighted by Gasteiger charge is -2.37. The number of hydrogen-bond acceptors (Lipinski definition) is 5. The summed E-state index contributed by atoms with van der Waals surface area (Å²) in [5, 5.41) is 0. The van der Waals surface area contributed by atoms with E-state index in [4.69, 9.17) is 9.47 Å². The Labute approximate surface area is 185 Å². The van der Waals surface area contributed by atoms with Crippen molar-refractivity contribution in [3.63, 3.8) is 0 Å². The van der Waals surface area contributed by atoms with Gasteiger partial charge in [-0.2, -0.15) is 0 Å². The molecule has 1 amide bonds. The monoisotopic (exact) mass is 423 g/mol. The summed E-state index contributed by atoms with van der Waals surface area (Å²) in [6.07, 6.45) is 2.16. The Kier molecular flexibility index (Phi) is 6.66. The van der Waals surface area contributed by atoms with E-state index in [1.165, 1.54) is 16.8 Å². The Hall–Kier alpha value is -2.73. The van der Waals surface area contributed by atoms with Crippen LogP contribution in [0.15, 0.2) is 42.5 Å². The minimum atomic E-state index is 0.233. The van der Waals surface area contributed by atoms with Crippen LogP contribution in [0.25, 0.3) is 0 Å². The number of likely N-dealkylation sites (tertiary alicyclic amines) is 1. The minimum Gasteiger partial charge on any atom is -0.493 e. The number of anilines is 1. The van der Waals surface area contributed by atoms with Crippen molar-refractivity contribution in [2.75, 3.05) is 58.4 Å². The quantitative estimate of drug-likeness (QED) is 0.712. The fourth-order valence-electron chi connectivity index (χ4n) is 4.77. The lowest BCUT2D eigenvalue weighted by molar-refractivity contribution is -0.133. The molecule has 166 valence electrons. The maximum absolute atomic E-state index is 13.1. The van der Waals surface area contributed by atoms with Gasteiger partial charge >= 0.3 is 0 Å². The fourth-order valence-corrected chi connectivity index (χ4v) is 4.77. The zero-order chi connectivity index (χ0) is 21.8. The van der Waals surface area contributed by atoms with E-state index in [0.29, 0.717) is 6.54 Å². The maximum atomic E-state index is 13.1. The number of benzene rings is 2. The molecule has 0 saturated carbocycles. The first kappa shape index (κ1) is 21.5. The normalized spacial score (nSPS) is 19.5. The Morgan fingerprint density at radius 1 is 0.968 bits per heavy atom. The molecule has 31 heavy (non-hydrogen) atoms. The summed E-state index contributed by atoms with van der Waals surface area (Å²) in [5.74, 6) is 1.71. The molecule has 0 spiro atoms. The highest BCUT2D eigenvalue weighted by molar-refractivity contribution is 5.78. The van der Waals surface area contributed by atoms with E-state index in [9.17, 15) is 4.79 Å². The molecular weight excluding hydrogens is 390 g/mol. The fraction of sp³-hybridized carbons (Fsp3) is 0.480. The molecule has 6 heteroatoms. The van der Waals surface area contributed by atoms with Crippen molar-refractivity contribution >= 4 is 11.6 Å². The highest BCUT2D eigenvalue weighted by atomic mass is 16.5. The van der Waals surface area contributed by atoms with Crippen LogP contribution < -0.4 is 14.4 Å². The van der Waals surface area contributed by atoms with Gasteiger partial charge in [0.15, 0.2) is 11.5 Å². The van der Waals surface area contributed by atoms with Crippen molar-refractivity contribution in [1.29, 1.82) is 0 Å². The summed E-state index contributed by atoms with van der Waals surface area (Å²) in [4.78, 5) is 19.8. The van der Waals surface area contributed by atoms with Crippen LogP contribution in [0, 0.1) is 6.92 Å². The third-order valence-corrected chi connectivity index (χ3v) is 6.49. The van der Waals surface area contributed by atoms with Crippen LogP contribution in [0.4, 0.5) is 5.69 Å². The molecule has 0 aliphatic carbocycles.